The van der Waals surface area contributed by atoms with Crippen LogP contribution < -0.4 is 5.32 Å². The molecule has 0 fully saturated rings. The van der Waals surface area contributed by atoms with Crippen molar-refractivity contribution >= 4 is 11.6 Å². The lowest BCUT2D eigenvalue weighted by atomic mass is 10.0. The second kappa shape index (κ2) is 7.73. The molecule has 1 atom stereocenters. The minimum atomic E-state index is -0.422. The Morgan fingerprint density at radius 1 is 1.29 bits per heavy atom. The minimum Gasteiger partial charge on any atom is -0.347 e. The van der Waals surface area contributed by atoms with Gasteiger partial charge in [0.2, 0.25) is 5.91 Å². The first kappa shape index (κ1) is 17.1. The van der Waals surface area contributed by atoms with Crippen molar-refractivity contribution in [2.75, 3.05) is 14.1 Å². The fourth-order valence-electron chi connectivity index (χ4n) is 2.03. The Labute approximate surface area is 125 Å². The summed E-state index contributed by atoms with van der Waals surface area (Å²) in [5, 5.41) is 13.8. The van der Waals surface area contributed by atoms with Crippen LogP contribution in [0.4, 0.5) is 5.69 Å². The van der Waals surface area contributed by atoms with E-state index < -0.39 is 4.92 Å². The standard InChI is InChI=1S/C15H23N3O3/c1-11(2)9-14(15(19)17(3)4)16-10-12-5-7-13(8-6-12)18(20)21/h5-8,11,14,16H,9-10H2,1-4H3. The number of nitrogens with zero attached hydrogens (tertiary/aromatic N) is 2. The molecule has 0 aliphatic heterocycles. The second-order valence-electron chi connectivity index (χ2n) is 5.72. The van der Waals surface area contributed by atoms with Crippen molar-refractivity contribution in [3.05, 3.63) is 39.9 Å². The average Bonchev–Trinajstić information content (AvgIpc) is 2.42. The highest BCUT2D eigenvalue weighted by molar-refractivity contribution is 5.81. The van der Waals surface area contributed by atoms with Crippen LogP contribution in [0.3, 0.4) is 0 Å². The van der Waals surface area contributed by atoms with Crippen LogP contribution in [0.5, 0.6) is 0 Å². The fraction of sp³-hybridized carbons (Fsp3) is 0.533. The zero-order chi connectivity index (χ0) is 16.0. The molecule has 1 rings (SSSR count). The van der Waals surface area contributed by atoms with E-state index in [2.05, 4.69) is 19.2 Å². The van der Waals surface area contributed by atoms with Crippen LogP contribution in [0.15, 0.2) is 24.3 Å². The van der Waals surface area contributed by atoms with Crippen molar-refractivity contribution in [2.24, 2.45) is 5.92 Å². The smallest absolute Gasteiger partial charge is 0.269 e. The van der Waals surface area contributed by atoms with E-state index in [1.54, 1.807) is 31.1 Å². The number of non-ortho nitro benzene ring substituents is 1. The number of benzene rings is 1. The zero-order valence-corrected chi connectivity index (χ0v) is 13.0. The van der Waals surface area contributed by atoms with Crippen LogP contribution in [0, 0.1) is 16.0 Å². The van der Waals surface area contributed by atoms with E-state index in [1.807, 2.05) is 0 Å². The van der Waals surface area contributed by atoms with Gasteiger partial charge < -0.3 is 10.2 Å². The molecule has 0 aliphatic carbocycles. The summed E-state index contributed by atoms with van der Waals surface area (Å²) in [6.07, 6.45) is 0.754. The van der Waals surface area contributed by atoms with Gasteiger partial charge in [-0.15, -0.1) is 0 Å². The third-order valence-electron chi connectivity index (χ3n) is 3.15. The molecule has 0 saturated heterocycles. The highest BCUT2D eigenvalue weighted by Gasteiger charge is 2.20. The number of likely N-dealkylation sites (N-methyl/N-ethyl adjacent to an activating group) is 1. The molecule has 6 heteroatoms. The summed E-state index contributed by atoms with van der Waals surface area (Å²) in [7, 11) is 3.48. The summed E-state index contributed by atoms with van der Waals surface area (Å²) in [5.74, 6) is 0.453. The van der Waals surface area contributed by atoms with Gasteiger partial charge in [-0.2, -0.15) is 0 Å². The van der Waals surface area contributed by atoms with Gasteiger partial charge in [0, 0.05) is 32.8 Å². The molecule has 116 valence electrons. The quantitative estimate of drug-likeness (QED) is 0.617. The Kier molecular flexibility index (Phi) is 6.30. The fourth-order valence-corrected chi connectivity index (χ4v) is 2.03. The first-order chi connectivity index (χ1) is 9.81. The van der Waals surface area contributed by atoms with E-state index in [0.717, 1.165) is 12.0 Å². The van der Waals surface area contributed by atoms with E-state index in [1.165, 1.54) is 12.1 Å². The molecule has 1 aromatic carbocycles. The predicted molar refractivity (Wildman–Crippen MR) is 81.9 cm³/mol. The monoisotopic (exact) mass is 293 g/mol. The summed E-state index contributed by atoms with van der Waals surface area (Å²) in [6.45, 7) is 4.65. The Bertz CT molecular complexity index is 483. The van der Waals surface area contributed by atoms with Crippen molar-refractivity contribution in [3.63, 3.8) is 0 Å². The second-order valence-corrected chi connectivity index (χ2v) is 5.72. The number of carbonyl (C=O) groups excluding carboxylic acids is 1. The molecule has 1 N–H and O–H groups in total. The maximum Gasteiger partial charge on any atom is 0.269 e. The Morgan fingerprint density at radius 3 is 2.29 bits per heavy atom. The number of carbonyl (C=O) groups is 1. The third-order valence-corrected chi connectivity index (χ3v) is 3.15. The number of hydrogen-bond donors (Lipinski definition) is 1. The number of hydrogen-bond acceptors (Lipinski definition) is 4. The average molecular weight is 293 g/mol. The molecule has 0 bridgehead atoms. The molecule has 0 saturated carbocycles. The van der Waals surface area contributed by atoms with Crippen molar-refractivity contribution in [1.82, 2.24) is 10.2 Å². The zero-order valence-electron chi connectivity index (χ0n) is 13.0. The van der Waals surface area contributed by atoms with Gasteiger partial charge in [0.05, 0.1) is 11.0 Å². The molecule has 6 nitrogen and oxygen atoms in total. The number of amides is 1. The van der Waals surface area contributed by atoms with E-state index >= 15 is 0 Å². The van der Waals surface area contributed by atoms with Crippen molar-refractivity contribution in [2.45, 2.75) is 32.9 Å². The van der Waals surface area contributed by atoms with E-state index in [9.17, 15) is 14.9 Å². The highest BCUT2D eigenvalue weighted by atomic mass is 16.6. The Balaban J connectivity index is 2.67. The maximum atomic E-state index is 12.1. The maximum absolute atomic E-state index is 12.1. The van der Waals surface area contributed by atoms with Gasteiger partial charge in [0.25, 0.3) is 5.69 Å². The molecule has 0 aliphatic rings. The molecular weight excluding hydrogens is 270 g/mol. The lowest BCUT2D eigenvalue weighted by molar-refractivity contribution is -0.384. The summed E-state index contributed by atoms with van der Waals surface area (Å²) in [6, 6.07) is 6.12. The van der Waals surface area contributed by atoms with Crippen molar-refractivity contribution in [3.8, 4) is 0 Å². The van der Waals surface area contributed by atoms with Crippen LogP contribution in [0.1, 0.15) is 25.8 Å². The predicted octanol–water partition coefficient (Wildman–Crippen LogP) is 2.19. The molecular formula is C15H23N3O3. The van der Waals surface area contributed by atoms with Gasteiger partial charge in [0.1, 0.15) is 0 Å². The molecule has 1 unspecified atom stereocenters. The van der Waals surface area contributed by atoms with E-state index in [-0.39, 0.29) is 17.6 Å². The number of nitro benzene ring substituents is 1. The van der Waals surface area contributed by atoms with Crippen LogP contribution in [-0.2, 0) is 11.3 Å². The highest BCUT2D eigenvalue weighted by Crippen LogP contribution is 2.13. The molecule has 21 heavy (non-hydrogen) atoms. The van der Waals surface area contributed by atoms with Crippen molar-refractivity contribution in [1.29, 1.82) is 0 Å². The summed E-state index contributed by atoms with van der Waals surface area (Å²) in [5.41, 5.74) is 0.989. The molecule has 1 aromatic rings. The lowest BCUT2D eigenvalue weighted by Gasteiger charge is -2.23. The van der Waals surface area contributed by atoms with Gasteiger partial charge in [-0.3, -0.25) is 14.9 Å². The lowest BCUT2D eigenvalue weighted by Crippen LogP contribution is -2.44. The first-order valence-electron chi connectivity index (χ1n) is 6.99. The number of nitrogens with one attached hydrogen (secondary N) is 1. The molecule has 1 amide bonds. The van der Waals surface area contributed by atoms with E-state index in [4.69, 9.17) is 0 Å². The normalized spacial score (nSPS) is 12.2. The molecule has 0 heterocycles. The van der Waals surface area contributed by atoms with Gasteiger partial charge in [-0.05, 0) is 17.9 Å². The Hall–Kier alpha value is -1.95. The van der Waals surface area contributed by atoms with Gasteiger partial charge in [0.15, 0.2) is 0 Å². The summed E-state index contributed by atoms with van der Waals surface area (Å²) < 4.78 is 0. The molecule has 0 radical (unpaired) electrons. The van der Waals surface area contributed by atoms with Crippen LogP contribution in [-0.4, -0.2) is 35.9 Å². The molecule has 0 spiro atoms. The SMILES string of the molecule is CC(C)CC(NCc1ccc([N+](=O)[O-])cc1)C(=O)N(C)C. The van der Waals surface area contributed by atoms with Crippen molar-refractivity contribution < 1.29 is 9.72 Å². The van der Waals surface area contributed by atoms with Crippen LogP contribution >= 0.6 is 0 Å². The van der Waals surface area contributed by atoms with Gasteiger partial charge >= 0.3 is 0 Å². The topological polar surface area (TPSA) is 75.5 Å². The third kappa shape index (κ3) is 5.51. The first-order valence-corrected chi connectivity index (χ1v) is 6.99. The van der Waals surface area contributed by atoms with Gasteiger partial charge in [-0.1, -0.05) is 26.0 Å². The molecule has 0 aromatic heterocycles. The summed E-state index contributed by atoms with van der Waals surface area (Å²) in [4.78, 5) is 23.9. The number of rotatable bonds is 7. The van der Waals surface area contributed by atoms with Gasteiger partial charge in [-0.25, -0.2) is 0 Å². The summed E-state index contributed by atoms with van der Waals surface area (Å²) >= 11 is 0. The van der Waals surface area contributed by atoms with Crippen LogP contribution in [0.2, 0.25) is 0 Å². The number of nitro groups is 1. The minimum absolute atomic E-state index is 0.0469. The largest absolute Gasteiger partial charge is 0.347 e. The van der Waals surface area contributed by atoms with E-state index in [0.29, 0.717) is 12.5 Å². The Morgan fingerprint density at radius 2 is 1.86 bits per heavy atom. The van der Waals surface area contributed by atoms with Crippen LogP contribution in [0.25, 0.3) is 0 Å².